The van der Waals surface area contributed by atoms with Gasteiger partial charge in [-0.3, -0.25) is 9.59 Å². The summed E-state index contributed by atoms with van der Waals surface area (Å²) >= 11 is 0. The maximum atomic E-state index is 12.4. The van der Waals surface area contributed by atoms with Crippen molar-refractivity contribution in [3.63, 3.8) is 0 Å². The molecule has 0 aromatic carbocycles. The lowest BCUT2D eigenvalue weighted by atomic mass is 10.0. The molecule has 6 nitrogen and oxygen atoms in total. The van der Waals surface area contributed by atoms with Gasteiger partial charge in [-0.2, -0.15) is 0 Å². The van der Waals surface area contributed by atoms with Gasteiger partial charge >= 0.3 is 5.97 Å². The second kappa shape index (κ2) is 6.86. The number of ether oxygens (including phenoxy) is 3. The van der Waals surface area contributed by atoms with E-state index < -0.39 is 17.6 Å². The van der Waals surface area contributed by atoms with E-state index in [1.54, 1.807) is 6.92 Å². The highest BCUT2D eigenvalue weighted by molar-refractivity contribution is 5.86. The van der Waals surface area contributed by atoms with Crippen LogP contribution in [0.15, 0.2) is 0 Å². The van der Waals surface area contributed by atoms with Crippen molar-refractivity contribution in [2.45, 2.75) is 39.3 Å². The molecule has 0 N–H and O–H groups in total. The summed E-state index contributed by atoms with van der Waals surface area (Å²) in [7, 11) is 0. The minimum atomic E-state index is -0.637. The van der Waals surface area contributed by atoms with E-state index >= 15 is 0 Å². The first kappa shape index (κ1) is 15.9. The van der Waals surface area contributed by atoms with Gasteiger partial charge in [0.2, 0.25) is 0 Å². The Hall–Kier alpha value is -1.14. The van der Waals surface area contributed by atoms with Gasteiger partial charge in [0.1, 0.15) is 6.54 Å². The number of amides is 1. The third kappa shape index (κ3) is 4.80. The number of hydrogen-bond acceptors (Lipinski definition) is 5. The molecule has 0 aromatic heterocycles. The van der Waals surface area contributed by atoms with Crippen LogP contribution < -0.4 is 0 Å². The lowest BCUT2D eigenvalue weighted by Crippen LogP contribution is -2.54. The number of hydrogen-bond donors (Lipinski definition) is 0. The molecule has 6 heteroatoms. The molecule has 0 spiro atoms. The molecule has 1 saturated heterocycles. The zero-order chi connectivity index (χ0) is 14.5. The predicted octanol–water partition coefficient (Wildman–Crippen LogP) is 0.592. The van der Waals surface area contributed by atoms with Crippen molar-refractivity contribution in [1.82, 2.24) is 4.90 Å². The van der Waals surface area contributed by atoms with Gasteiger partial charge in [-0.15, -0.1) is 0 Å². The predicted molar refractivity (Wildman–Crippen MR) is 68.7 cm³/mol. The fourth-order valence-electron chi connectivity index (χ4n) is 1.79. The van der Waals surface area contributed by atoms with Crippen molar-refractivity contribution in [2.24, 2.45) is 0 Å². The van der Waals surface area contributed by atoms with E-state index in [-0.39, 0.29) is 19.1 Å². The van der Waals surface area contributed by atoms with Gasteiger partial charge in [0.15, 0.2) is 6.10 Å². The summed E-state index contributed by atoms with van der Waals surface area (Å²) in [4.78, 5) is 25.5. The molecule has 1 atom stereocenters. The third-order valence-corrected chi connectivity index (χ3v) is 2.76. The maximum Gasteiger partial charge on any atom is 0.325 e. The standard InChI is InChI=1S/C13H23NO5/c1-5-18-11(15)8-14(13(2,3)4)12(16)10-9-17-6-7-19-10/h10H,5-9H2,1-4H3/t10-/m0/s1. The molecule has 0 saturated carbocycles. The molecule has 0 aliphatic carbocycles. The fraction of sp³-hybridized carbons (Fsp3) is 0.846. The Bertz CT molecular complexity index is 317. The van der Waals surface area contributed by atoms with Crippen LogP contribution in [-0.2, 0) is 23.8 Å². The second-order valence-corrected chi connectivity index (χ2v) is 5.33. The maximum absolute atomic E-state index is 12.4. The zero-order valence-corrected chi connectivity index (χ0v) is 12.1. The Balaban J connectivity index is 2.72. The van der Waals surface area contributed by atoms with Crippen LogP contribution in [0, 0.1) is 0 Å². The van der Waals surface area contributed by atoms with Crippen LogP contribution >= 0.6 is 0 Å². The van der Waals surface area contributed by atoms with Crippen molar-refractivity contribution >= 4 is 11.9 Å². The van der Waals surface area contributed by atoms with E-state index in [1.807, 2.05) is 20.8 Å². The highest BCUT2D eigenvalue weighted by Crippen LogP contribution is 2.17. The summed E-state index contributed by atoms with van der Waals surface area (Å²) in [6.45, 7) is 8.69. The first-order valence-corrected chi connectivity index (χ1v) is 6.52. The normalized spacial score (nSPS) is 19.9. The quantitative estimate of drug-likeness (QED) is 0.701. The SMILES string of the molecule is CCOC(=O)CN(C(=O)[C@@H]1COCCO1)C(C)(C)C. The highest BCUT2D eigenvalue weighted by atomic mass is 16.6. The van der Waals surface area contributed by atoms with E-state index in [9.17, 15) is 9.59 Å². The molecule has 0 aromatic rings. The van der Waals surface area contributed by atoms with Crippen molar-refractivity contribution in [2.75, 3.05) is 33.0 Å². The molecule has 0 radical (unpaired) electrons. The van der Waals surface area contributed by atoms with Crippen LogP contribution in [-0.4, -0.2) is 61.4 Å². The number of carbonyl (C=O) groups excluding carboxylic acids is 2. The van der Waals surface area contributed by atoms with Crippen LogP contribution in [0.2, 0.25) is 0 Å². The number of rotatable bonds is 4. The van der Waals surface area contributed by atoms with Crippen LogP contribution in [0.25, 0.3) is 0 Å². The van der Waals surface area contributed by atoms with Gasteiger partial charge in [-0.05, 0) is 27.7 Å². The van der Waals surface area contributed by atoms with E-state index in [1.165, 1.54) is 4.90 Å². The second-order valence-electron chi connectivity index (χ2n) is 5.33. The summed E-state index contributed by atoms with van der Waals surface area (Å²) in [5.41, 5.74) is -0.481. The van der Waals surface area contributed by atoms with Gasteiger partial charge in [-0.1, -0.05) is 0 Å². The average Bonchev–Trinajstić information content (AvgIpc) is 2.35. The van der Waals surface area contributed by atoms with E-state index in [0.717, 1.165) is 0 Å². The van der Waals surface area contributed by atoms with Gasteiger partial charge in [0, 0.05) is 5.54 Å². The first-order chi connectivity index (χ1) is 8.86. The molecule has 1 heterocycles. The van der Waals surface area contributed by atoms with Crippen LogP contribution in [0.3, 0.4) is 0 Å². The van der Waals surface area contributed by atoms with E-state index in [4.69, 9.17) is 14.2 Å². The summed E-state index contributed by atoms with van der Waals surface area (Å²) in [5.74, 6) is -0.650. The number of esters is 1. The molecule has 1 aliphatic rings. The summed E-state index contributed by atoms with van der Waals surface area (Å²) in [5, 5.41) is 0. The molecule has 0 bridgehead atoms. The highest BCUT2D eigenvalue weighted by Gasteiger charge is 2.35. The topological polar surface area (TPSA) is 65.1 Å². The molecule has 19 heavy (non-hydrogen) atoms. The molecule has 110 valence electrons. The van der Waals surface area contributed by atoms with Crippen molar-refractivity contribution in [3.8, 4) is 0 Å². The summed E-state index contributed by atoms with van der Waals surface area (Å²) < 4.78 is 15.5. The molecule has 1 aliphatic heterocycles. The number of carbonyl (C=O) groups is 2. The third-order valence-electron chi connectivity index (χ3n) is 2.76. The molecule has 0 unspecified atom stereocenters. The minimum absolute atomic E-state index is 0.0734. The summed E-state index contributed by atoms with van der Waals surface area (Å²) in [6, 6.07) is 0. The average molecular weight is 273 g/mol. The zero-order valence-electron chi connectivity index (χ0n) is 12.1. The van der Waals surface area contributed by atoms with Crippen molar-refractivity contribution < 1.29 is 23.8 Å². The van der Waals surface area contributed by atoms with Gasteiger partial charge in [-0.25, -0.2) is 0 Å². The largest absolute Gasteiger partial charge is 0.465 e. The summed E-state index contributed by atoms with van der Waals surface area (Å²) in [6.07, 6.45) is -0.637. The Morgan fingerprint density at radius 1 is 1.32 bits per heavy atom. The lowest BCUT2D eigenvalue weighted by Gasteiger charge is -2.37. The van der Waals surface area contributed by atoms with Gasteiger partial charge in [0.05, 0.1) is 26.4 Å². The van der Waals surface area contributed by atoms with Crippen LogP contribution in [0.4, 0.5) is 0 Å². The monoisotopic (exact) mass is 273 g/mol. The van der Waals surface area contributed by atoms with E-state index in [2.05, 4.69) is 0 Å². The fourth-order valence-corrected chi connectivity index (χ4v) is 1.79. The number of nitrogens with zero attached hydrogens (tertiary/aromatic N) is 1. The Kier molecular flexibility index (Phi) is 5.75. The molecule has 1 rings (SSSR count). The van der Waals surface area contributed by atoms with Crippen LogP contribution in [0.5, 0.6) is 0 Å². The van der Waals surface area contributed by atoms with Crippen molar-refractivity contribution in [3.05, 3.63) is 0 Å². The molecule has 1 amide bonds. The lowest BCUT2D eigenvalue weighted by molar-refractivity contribution is -0.167. The Labute approximate surface area is 114 Å². The first-order valence-electron chi connectivity index (χ1n) is 6.52. The van der Waals surface area contributed by atoms with E-state index in [0.29, 0.717) is 19.8 Å². The van der Waals surface area contributed by atoms with Gasteiger partial charge < -0.3 is 19.1 Å². The minimum Gasteiger partial charge on any atom is -0.465 e. The Morgan fingerprint density at radius 2 is 2.00 bits per heavy atom. The smallest absolute Gasteiger partial charge is 0.325 e. The van der Waals surface area contributed by atoms with Crippen LogP contribution in [0.1, 0.15) is 27.7 Å². The Morgan fingerprint density at radius 3 is 2.47 bits per heavy atom. The molecular formula is C13H23NO5. The molecule has 1 fully saturated rings. The van der Waals surface area contributed by atoms with Gasteiger partial charge in [0.25, 0.3) is 5.91 Å². The molecular weight excluding hydrogens is 250 g/mol. The van der Waals surface area contributed by atoms with Crippen molar-refractivity contribution in [1.29, 1.82) is 0 Å².